The van der Waals surface area contributed by atoms with Crippen LogP contribution in [-0.4, -0.2) is 20.6 Å². The van der Waals surface area contributed by atoms with E-state index in [9.17, 15) is 13.2 Å². The maximum atomic E-state index is 12.6. The van der Waals surface area contributed by atoms with Crippen LogP contribution in [0.25, 0.3) is 0 Å². The third-order valence-corrected chi connectivity index (χ3v) is 6.01. The molecule has 0 atom stereocenters. The number of carbonyl (C=O) groups excluding carboxylic acids is 1. The molecule has 0 saturated heterocycles. The topological polar surface area (TPSA) is 75.3 Å². The van der Waals surface area contributed by atoms with Crippen LogP contribution >= 0.6 is 27.7 Å². The molecular formula is C17H19BrN2O3S2. The summed E-state index contributed by atoms with van der Waals surface area (Å²) in [5.74, 6) is -0.362. The fourth-order valence-electron chi connectivity index (χ4n) is 2.00. The lowest BCUT2D eigenvalue weighted by Gasteiger charge is -2.14. The summed E-state index contributed by atoms with van der Waals surface area (Å²) < 4.78 is 28.6. The Bertz CT molecular complexity index is 883. The Hall–Kier alpha value is -1.51. The zero-order chi connectivity index (χ0) is 18.6. The van der Waals surface area contributed by atoms with Gasteiger partial charge in [-0.05, 0) is 42.7 Å². The minimum Gasteiger partial charge on any atom is -0.325 e. The highest BCUT2D eigenvalue weighted by Gasteiger charge is 2.18. The van der Waals surface area contributed by atoms with Gasteiger partial charge in [-0.2, -0.15) is 0 Å². The molecule has 0 bridgehead atoms. The fraction of sp³-hybridized carbons (Fsp3) is 0.235. The van der Waals surface area contributed by atoms with Crippen molar-refractivity contribution in [1.29, 1.82) is 0 Å². The number of nitrogens with one attached hydrogen (secondary N) is 2. The molecule has 25 heavy (non-hydrogen) atoms. The third kappa shape index (κ3) is 5.23. The lowest BCUT2D eigenvalue weighted by Crippen LogP contribution is -2.19. The fourth-order valence-corrected chi connectivity index (χ4v) is 4.00. The van der Waals surface area contributed by atoms with Crippen molar-refractivity contribution in [2.75, 3.05) is 16.3 Å². The van der Waals surface area contributed by atoms with E-state index < -0.39 is 10.0 Å². The lowest BCUT2D eigenvalue weighted by molar-refractivity contribution is -0.118. The molecule has 0 aliphatic rings. The van der Waals surface area contributed by atoms with Crippen LogP contribution in [0, 0.1) is 5.92 Å². The number of anilines is 2. The molecule has 134 valence electrons. The molecule has 2 N–H and O–H groups in total. The number of hydrogen-bond acceptors (Lipinski definition) is 4. The van der Waals surface area contributed by atoms with E-state index in [0.29, 0.717) is 11.4 Å². The third-order valence-electron chi connectivity index (χ3n) is 3.34. The number of sulfonamides is 1. The molecule has 2 aromatic rings. The van der Waals surface area contributed by atoms with Crippen LogP contribution in [0.2, 0.25) is 0 Å². The molecule has 8 heteroatoms. The summed E-state index contributed by atoms with van der Waals surface area (Å²) in [6, 6.07) is 11.6. The highest BCUT2D eigenvalue weighted by molar-refractivity contribution is 9.10. The maximum Gasteiger partial charge on any atom is 0.261 e. The van der Waals surface area contributed by atoms with Gasteiger partial charge >= 0.3 is 0 Å². The Morgan fingerprint density at radius 2 is 1.88 bits per heavy atom. The second kappa shape index (κ2) is 8.25. The first-order valence-electron chi connectivity index (χ1n) is 7.50. The van der Waals surface area contributed by atoms with Gasteiger partial charge in [-0.3, -0.25) is 9.52 Å². The van der Waals surface area contributed by atoms with Crippen molar-refractivity contribution in [2.24, 2.45) is 5.92 Å². The molecule has 2 rings (SSSR count). The van der Waals surface area contributed by atoms with Crippen LogP contribution in [0.1, 0.15) is 13.8 Å². The highest BCUT2D eigenvalue weighted by atomic mass is 79.9. The molecule has 0 aliphatic heterocycles. The molecular weight excluding hydrogens is 424 g/mol. The summed E-state index contributed by atoms with van der Waals surface area (Å²) >= 11 is 4.75. The Morgan fingerprint density at radius 1 is 1.16 bits per heavy atom. The molecule has 0 aliphatic carbocycles. The van der Waals surface area contributed by atoms with Gasteiger partial charge < -0.3 is 5.32 Å². The predicted octanol–water partition coefficient (Wildman–Crippen LogP) is 4.57. The molecule has 0 aromatic heterocycles. The monoisotopic (exact) mass is 442 g/mol. The molecule has 2 aromatic carbocycles. The van der Waals surface area contributed by atoms with Crippen molar-refractivity contribution in [3.8, 4) is 0 Å². The van der Waals surface area contributed by atoms with E-state index in [-0.39, 0.29) is 16.7 Å². The number of hydrogen-bond donors (Lipinski definition) is 2. The first-order chi connectivity index (χ1) is 11.7. The predicted molar refractivity (Wildman–Crippen MR) is 107 cm³/mol. The van der Waals surface area contributed by atoms with E-state index in [1.165, 1.54) is 23.9 Å². The van der Waals surface area contributed by atoms with Gasteiger partial charge in [0.15, 0.2) is 0 Å². The molecule has 0 unspecified atom stereocenters. The zero-order valence-corrected chi connectivity index (χ0v) is 17.3. The average Bonchev–Trinajstić information content (AvgIpc) is 2.54. The number of amides is 1. The second-order valence-electron chi connectivity index (χ2n) is 5.62. The number of halogens is 1. The average molecular weight is 443 g/mol. The molecule has 5 nitrogen and oxygen atoms in total. The number of carbonyl (C=O) groups is 1. The summed E-state index contributed by atoms with van der Waals surface area (Å²) in [4.78, 5) is 12.9. The van der Waals surface area contributed by atoms with E-state index in [1.807, 2.05) is 12.3 Å². The van der Waals surface area contributed by atoms with Gasteiger partial charge in [-0.1, -0.05) is 35.8 Å². The van der Waals surface area contributed by atoms with Crippen molar-refractivity contribution in [1.82, 2.24) is 0 Å². The van der Waals surface area contributed by atoms with Crippen LogP contribution in [0.5, 0.6) is 0 Å². The SMILES string of the molecule is CSc1ccc(S(=O)(=O)Nc2cccc(Br)c2)cc1NC(=O)C(C)C. The van der Waals surface area contributed by atoms with Crippen LogP contribution in [0.3, 0.4) is 0 Å². The Morgan fingerprint density at radius 3 is 2.48 bits per heavy atom. The maximum absolute atomic E-state index is 12.6. The molecule has 0 fully saturated rings. The summed E-state index contributed by atoms with van der Waals surface area (Å²) in [7, 11) is -3.77. The summed E-state index contributed by atoms with van der Waals surface area (Å²) in [6.07, 6.45) is 1.87. The van der Waals surface area contributed by atoms with Crippen molar-refractivity contribution >= 4 is 55.0 Å². The van der Waals surface area contributed by atoms with Gasteiger partial charge in [0.25, 0.3) is 10.0 Å². The molecule has 0 heterocycles. The van der Waals surface area contributed by atoms with Gasteiger partial charge in [-0.15, -0.1) is 11.8 Å². The Labute approximate surface area is 160 Å². The van der Waals surface area contributed by atoms with E-state index in [1.54, 1.807) is 38.1 Å². The van der Waals surface area contributed by atoms with Crippen molar-refractivity contribution in [3.63, 3.8) is 0 Å². The summed E-state index contributed by atoms with van der Waals surface area (Å²) in [6.45, 7) is 3.56. The van der Waals surface area contributed by atoms with Crippen LogP contribution < -0.4 is 10.0 Å². The minimum absolute atomic E-state index is 0.0873. The van der Waals surface area contributed by atoms with Crippen molar-refractivity contribution in [3.05, 3.63) is 46.9 Å². The highest BCUT2D eigenvalue weighted by Crippen LogP contribution is 2.29. The standard InChI is InChI=1S/C17H19BrN2O3S2/c1-11(2)17(21)19-15-10-14(7-8-16(15)24-3)25(22,23)20-13-6-4-5-12(18)9-13/h4-11,20H,1-3H3,(H,19,21). The van der Waals surface area contributed by atoms with Crippen LogP contribution in [0.15, 0.2) is 56.7 Å². The first-order valence-corrected chi connectivity index (χ1v) is 11.0. The van der Waals surface area contributed by atoms with Crippen LogP contribution in [-0.2, 0) is 14.8 Å². The minimum atomic E-state index is -3.77. The normalized spacial score (nSPS) is 11.4. The van der Waals surface area contributed by atoms with E-state index >= 15 is 0 Å². The molecule has 0 saturated carbocycles. The molecule has 0 spiro atoms. The second-order valence-corrected chi connectivity index (χ2v) is 9.07. The molecule has 0 radical (unpaired) electrons. The first kappa shape index (κ1) is 19.8. The molecule has 1 amide bonds. The van der Waals surface area contributed by atoms with Crippen LogP contribution in [0.4, 0.5) is 11.4 Å². The Balaban J connectivity index is 2.36. The lowest BCUT2D eigenvalue weighted by atomic mass is 10.2. The van der Waals surface area contributed by atoms with Gasteiger partial charge in [-0.25, -0.2) is 8.42 Å². The van der Waals surface area contributed by atoms with Gasteiger partial charge in [0.1, 0.15) is 0 Å². The van der Waals surface area contributed by atoms with E-state index in [4.69, 9.17) is 0 Å². The Kier molecular flexibility index (Phi) is 6.53. The largest absolute Gasteiger partial charge is 0.325 e. The van der Waals surface area contributed by atoms with E-state index in [2.05, 4.69) is 26.0 Å². The zero-order valence-electron chi connectivity index (χ0n) is 14.0. The van der Waals surface area contributed by atoms with Gasteiger partial charge in [0, 0.05) is 21.0 Å². The number of thioether (sulfide) groups is 1. The number of benzene rings is 2. The quantitative estimate of drug-likeness (QED) is 0.642. The van der Waals surface area contributed by atoms with Crippen molar-refractivity contribution < 1.29 is 13.2 Å². The smallest absolute Gasteiger partial charge is 0.261 e. The van der Waals surface area contributed by atoms with Crippen molar-refractivity contribution in [2.45, 2.75) is 23.6 Å². The van der Waals surface area contributed by atoms with Gasteiger partial charge in [0.2, 0.25) is 5.91 Å². The van der Waals surface area contributed by atoms with E-state index in [0.717, 1.165) is 9.37 Å². The summed E-state index contributed by atoms with van der Waals surface area (Å²) in [5, 5.41) is 2.79. The van der Waals surface area contributed by atoms with Gasteiger partial charge in [0.05, 0.1) is 10.6 Å². The summed E-state index contributed by atoms with van der Waals surface area (Å²) in [5.41, 5.74) is 0.944. The number of rotatable bonds is 6.